The Morgan fingerprint density at radius 1 is 1.56 bits per heavy atom. The van der Waals surface area contributed by atoms with Crippen molar-refractivity contribution in [2.45, 2.75) is 6.42 Å². The summed E-state index contributed by atoms with van der Waals surface area (Å²) in [6.07, 6.45) is 1.01. The van der Waals surface area contributed by atoms with E-state index in [0.717, 1.165) is 19.5 Å². The van der Waals surface area contributed by atoms with Crippen molar-refractivity contribution in [1.82, 2.24) is 0 Å². The van der Waals surface area contributed by atoms with Crippen LogP contribution in [-0.2, 0) is 0 Å². The minimum absolute atomic E-state index is 0.322. The highest BCUT2D eigenvalue weighted by atomic mass is 19.1. The molecule has 84 valence electrons. The van der Waals surface area contributed by atoms with E-state index in [1.807, 2.05) is 11.0 Å². The first-order chi connectivity index (χ1) is 7.74. The van der Waals surface area contributed by atoms with E-state index in [4.69, 9.17) is 11.0 Å². The fourth-order valence-electron chi connectivity index (χ4n) is 2.08. The quantitative estimate of drug-likeness (QED) is 0.819. The van der Waals surface area contributed by atoms with Crippen LogP contribution >= 0.6 is 0 Å². The second kappa shape index (κ2) is 4.50. The summed E-state index contributed by atoms with van der Waals surface area (Å²) in [4.78, 5) is 1.99. The first-order valence-corrected chi connectivity index (χ1v) is 5.39. The van der Waals surface area contributed by atoms with E-state index in [0.29, 0.717) is 23.7 Å². The first-order valence-electron chi connectivity index (χ1n) is 5.39. The van der Waals surface area contributed by atoms with Crippen LogP contribution in [0.2, 0.25) is 0 Å². The number of hydrogen-bond acceptors (Lipinski definition) is 3. The van der Waals surface area contributed by atoms with Crippen LogP contribution in [0.25, 0.3) is 0 Å². The van der Waals surface area contributed by atoms with Gasteiger partial charge in [-0.3, -0.25) is 0 Å². The largest absolute Gasteiger partial charge is 0.369 e. The highest BCUT2D eigenvalue weighted by molar-refractivity contribution is 5.51. The van der Waals surface area contributed by atoms with Crippen LogP contribution in [0.15, 0.2) is 18.2 Å². The fourth-order valence-corrected chi connectivity index (χ4v) is 2.08. The Morgan fingerprint density at radius 3 is 2.94 bits per heavy atom. The van der Waals surface area contributed by atoms with Gasteiger partial charge in [-0.05, 0) is 37.1 Å². The summed E-state index contributed by atoms with van der Waals surface area (Å²) in [6, 6.07) is 6.53. The molecule has 3 nitrogen and oxygen atoms in total. The number of nitriles is 1. The van der Waals surface area contributed by atoms with Gasteiger partial charge in [0.1, 0.15) is 5.82 Å². The molecule has 2 rings (SSSR count). The predicted octanol–water partition coefficient (Wildman–Crippen LogP) is 1.48. The Balaban J connectivity index is 2.19. The highest BCUT2D eigenvalue weighted by Crippen LogP contribution is 2.26. The summed E-state index contributed by atoms with van der Waals surface area (Å²) in [5.74, 6) is 0.131. The Labute approximate surface area is 94.3 Å². The van der Waals surface area contributed by atoms with E-state index in [1.54, 1.807) is 12.1 Å². The maximum absolute atomic E-state index is 13.7. The van der Waals surface area contributed by atoms with Crippen molar-refractivity contribution in [3.05, 3.63) is 29.6 Å². The molecule has 1 aliphatic heterocycles. The van der Waals surface area contributed by atoms with Gasteiger partial charge in [0.25, 0.3) is 0 Å². The van der Waals surface area contributed by atoms with Crippen LogP contribution in [0.5, 0.6) is 0 Å². The molecule has 1 saturated heterocycles. The monoisotopic (exact) mass is 219 g/mol. The van der Waals surface area contributed by atoms with E-state index >= 15 is 0 Å². The van der Waals surface area contributed by atoms with Gasteiger partial charge in [0.2, 0.25) is 0 Å². The molecule has 1 heterocycles. The molecule has 1 aromatic rings. The Hall–Kier alpha value is -1.60. The number of nitrogens with two attached hydrogens (primary N) is 1. The van der Waals surface area contributed by atoms with Crippen molar-refractivity contribution < 1.29 is 4.39 Å². The lowest BCUT2D eigenvalue weighted by Gasteiger charge is -2.19. The normalized spacial score (nSPS) is 19.8. The number of benzene rings is 1. The zero-order valence-electron chi connectivity index (χ0n) is 8.99. The molecule has 0 amide bonds. The zero-order chi connectivity index (χ0) is 11.5. The maximum atomic E-state index is 13.7. The van der Waals surface area contributed by atoms with E-state index in [9.17, 15) is 4.39 Å². The molecule has 2 N–H and O–H groups in total. The Bertz CT molecular complexity index is 425. The van der Waals surface area contributed by atoms with E-state index in [2.05, 4.69) is 0 Å². The third-order valence-electron chi connectivity index (χ3n) is 3.04. The molecule has 0 bridgehead atoms. The summed E-state index contributed by atoms with van der Waals surface area (Å²) < 4.78 is 13.7. The second-order valence-corrected chi connectivity index (χ2v) is 4.11. The molecule has 16 heavy (non-hydrogen) atoms. The lowest BCUT2D eigenvalue weighted by atomic mass is 10.1. The molecule has 1 fully saturated rings. The summed E-state index contributed by atoms with van der Waals surface area (Å²) in [6.45, 7) is 2.29. The van der Waals surface area contributed by atoms with Crippen LogP contribution in [0.1, 0.15) is 12.0 Å². The number of rotatable bonds is 2. The Kier molecular flexibility index (Phi) is 3.07. The molecule has 0 saturated carbocycles. The molecule has 0 aromatic heterocycles. The minimum Gasteiger partial charge on any atom is -0.369 e. The van der Waals surface area contributed by atoms with Gasteiger partial charge in [0.05, 0.1) is 17.3 Å². The van der Waals surface area contributed by atoms with Gasteiger partial charge in [-0.1, -0.05) is 0 Å². The summed E-state index contributed by atoms with van der Waals surface area (Å²) >= 11 is 0. The molecule has 0 radical (unpaired) electrons. The average Bonchev–Trinajstić information content (AvgIpc) is 2.77. The summed E-state index contributed by atoms with van der Waals surface area (Å²) in [7, 11) is 0. The molecule has 1 aliphatic rings. The maximum Gasteiger partial charge on any atom is 0.147 e. The van der Waals surface area contributed by atoms with Gasteiger partial charge in [0.15, 0.2) is 0 Å². The predicted molar refractivity (Wildman–Crippen MR) is 60.5 cm³/mol. The smallest absolute Gasteiger partial charge is 0.147 e. The van der Waals surface area contributed by atoms with Crippen LogP contribution in [0.4, 0.5) is 10.1 Å². The minimum atomic E-state index is -0.322. The van der Waals surface area contributed by atoms with Crippen molar-refractivity contribution in [1.29, 1.82) is 5.26 Å². The SMILES string of the molecule is N#Cc1ccc(N2CCC(CN)C2)c(F)c1. The van der Waals surface area contributed by atoms with E-state index in [-0.39, 0.29) is 5.82 Å². The lowest BCUT2D eigenvalue weighted by Crippen LogP contribution is -2.23. The molecule has 0 spiro atoms. The molecule has 0 aliphatic carbocycles. The molecule has 1 atom stereocenters. The third kappa shape index (κ3) is 2.00. The molecule has 4 heteroatoms. The summed E-state index contributed by atoms with van der Waals surface area (Å²) in [5, 5.41) is 8.65. The topological polar surface area (TPSA) is 53.0 Å². The van der Waals surface area contributed by atoms with Crippen LogP contribution in [0, 0.1) is 23.1 Å². The molecular weight excluding hydrogens is 205 g/mol. The van der Waals surface area contributed by atoms with Gasteiger partial charge in [-0.15, -0.1) is 0 Å². The van der Waals surface area contributed by atoms with Crippen LogP contribution in [0.3, 0.4) is 0 Å². The van der Waals surface area contributed by atoms with E-state index in [1.165, 1.54) is 6.07 Å². The summed E-state index contributed by atoms with van der Waals surface area (Å²) in [5.41, 5.74) is 6.53. The average molecular weight is 219 g/mol. The van der Waals surface area contributed by atoms with Gasteiger partial charge >= 0.3 is 0 Å². The molecule has 1 aromatic carbocycles. The number of nitrogens with zero attached hydrogens (tertiary/aromatic N) is 2. The zero-order valence-corrected chi connectivity index (χ0v) is 8.99. The molecular formula is C12H14FN3. The van der Waals surface area contributed by atoms with Crippen molar-refractivity contribution >= 4 is 5.69 Å². The van der Waals surface area contributed by atoms with Gasteiger partial charge in [-0.2, -0.15) is 5.26 Å². The third-order valence-corrected chi connectivity index (χ3v) is 3.04. The number of hydrogen-bond donors (Lipinski definition) is 1. The van der Waals surface area contributed by atoms with Gasteiger partial charge in [-0.25, -0.2) is 4.39 Å². The number of halogens is 1. The van der Waals surface area contributed by atoms with Gasteiger partial charge < -0.3 is 10.6 Å². The van der Waals surface area contributed by atoms with Crippen LogP contribution in [-0.4, -0.2) is 19.6 Å². The lowest BCUT2D eigenvalue weighted by molar-refractivity contribution is 0.597. The highest BCUT2D eigenvalue weighted by Gasteiger charge is 2.23. The van der Waals surface area contributed by atoms with Gasteiger partial charge in [0, 0.05) is 13.1 Å². The van der Waals surface area contributed by atoms with Crippen molar-refractivity contribution in [3.63, 3.8) is 0 Å². The van der Waals surface area contributed by atoms with Crippen LogP contribution < -0.4 is 10.6 Å². The fraction of sp³-hybridized carbons (Fsp3) is 0.417. The second-order valence-electron chi connectivity index (χ2n) is 4.11. The van der Waals surface area contributed by atoms with Crippen molar-refractivity contribution in [3.8, 4) is 6.07 Å². The first kappa shape index (κ1) is 10.9. The van der Waals surface area contributed by atoms with Crippen molar-refractivity contribution in [2.75, 3.05) is 24.5 Å². The Morgan fingerprint density at radius 2 is 2.38 bits per heavy atom. The number of anilines is 1. The van der Waals surface area contributed by atoms with E-state index < -0.39 is 0 Å². The van der Waals surface area contributed by atoms with Crippen molar-refractivity contribution in [2.24, 2.45) is 11.7 Å². The standard InChI is InChI=1S/C12H14FN3/c13-11-5-9(6-14)1-2-12(11)16-4-3-10(7-15)8-16/h1-2,5,10H,3-4,7-8,15H2. The molecule has 1 unspecified atom stereocenters.